The van der Waals surface area contributed by atoms with Gasteiger partial charge < -0.3 is 9.80 Å². The van der Waals surface area contributed by atoms with Gasteiger partial charge in [-0.3, -0.25) is 4.79 Å². The minimum absolute atomic E-state index is 0.142. The lowest BCUT2D eigenvalue weighted by Crippen LogP contribution is -2.27. The summed E-state index contributed by atoms with van der Waals surface area (Å²) >= 11 is 0. The molecule has 0 atom stereocenters. The molecule has 0 radical (unpaired) electrons. The van der Waals surface area contributed by atoms with Crippen LogP contribution >= 0.6 is 0 Å². The van der Waals surface area contributed by atoms with Crippen LogP contribution in [-0.2, 0) is 4.79 Å². The van der Waals surface area contributed by atoms with E-state index in [2.05, 4.69) is 4.90 Å². The van der Waals surface area contributed by atoms with Gasteiger partial charge >= 0.3 is 0 Å². The zero-order chi connectivity index (χ0) is 10.9. The van der Waals surface area contributed by atoms with Crippen molar-refractivity contribution in [1.82, 2.24) is 9.80 Å². The Kier molecular flexibility index (Phi) is 10.9. The Morgan fingerprint density at radius 3 is 1.85 bits per heavy atom. The zero-order valence-corrected chi connectivity index (χ0v) is 9.92. The quantitative estimate of drug-likeness (QED) is 0.666. The fraction of sp³-hybridized carbons (Fsp3) is 0.900. The summed E-state index contributed by atoms with van der Waals surface area (Å²) in [5.74, 6) is 0.142. The summed E-state index contributed by atoms with van der Waals surface area (Å²) in [5.41, 5.74) is 0. The van der Waals surface area contributed by atoms with Crippen molar-refractivity contribution in [2.75, 3.05) is 34.2 Å². The predicted molar refractivity (Wildman–Crippen MR) is 57.8 cm³/mol. The molecule has 3 heteroatoms. The molecule has 80 valence electrons. The van der Waals surface area contributed by atoms with Gasteiger partial charge in [-0.25, -0.2) is 0 Å². The van der Waals surface area contributed by atoms with Crippen molar-refractivity contribution < 1.29 is 4.79 Å². The number of rotatable bonds is 4. The largest absolute Gasteiger partial charge is 0.346 e. The first-order valence-electron chi connectivity index (χ1n) is 4.90. The predicted octanol–water partition coefficient (Wildman–Crippen LogP) is 1.44. The van der Waals surface area contributed by atoms with E-state index in [1.54, 1.807) is 11.8 Å². The van der Waals surface area contributed by atoms with E-state index in [9.17, 15) is 4.79 Å². The van der Waals surface area contributed by atoms with Gasteiger partial charge in [-0.1, -0.05) is 13.8 Å². The molecular weight excluding hydrogens is 164 g/mol. The Balaban J connectivity index is 0. The van der Waals surface area contributed by atoms with E-state index in [0.29, 0.717) is 0 Å². The third-order valence-electron chi connectivity index (χ3n) is 1.64. The highest BCUT2D eigenvalue weighted by Gasteiger charge is 2.00. The van der Waals surface area contributed by atoms with Gasteiger partial charge in [0.05, 0.1) is 0 Å². The summed E-state index contributed by atoms with van der Waals surface area (Å²) in [6, 6.07) is 0. The highest BCUT2D eigenvalue weighted by molar-refractivity contribution is 5.72. The highest BCUT2D eigenvalue weighted by atomic mass is 16.2. The van der Waals surface area contributed by atoms with Gasteiger partial charge in [0.2, 0.25) is 5.91 Å². The van der Waals surface area contributed by atoms with Gasteiger partial charge in [0, 0.05) is 20.5 Å². The first kappa shape index (κ1) is 14.9. The molecule has 0 spiro atoms. The lowest BCUT2D eigenvalue weighted by Gasteiger charge is -2.16. The Morgan fingerprint density at radius 2 is 1.54 bits per heavy atom. The smallest absolute Gasteiger partial charge is 0.219 e. The molecule has 0 fully saturated rings. The van der Waals surface area contributed by atoms with Crippen molar-refractivity contribution in [3.63, 3.8) is 0 Å². The maximum Gasteiger partial charge on any atom is 0.219 e. The molecule has 0 aromatic rings. The molecule has 0 heterocycles. The Bertz CT molecular complexity index is 124. The maximum absolute atomic E-state index is 10.7. The molecule has 0 saturated carbocycles. The van der Waals surface area contributed by atoms with Crippen LogP contribution in [0.5, 0.6) is 0 Å². The molecule has 0 N–H and O–H groups in total. The fourth-order valence-corrected chi connectivity index (χ4v) is 0.782. The maximum atomic E-state index is 10.7. The second kappa shape index (κ2) is 9.52. The molecule has 0 aliphatic rings. The molecule has 0 aliphatic carbocycles. The highest BCUT2D eigenvalue weighted by Crippen LogP contribution is 1.89. The summed E-state index contributed by atoms with van der Waals surface area (Å²) in [7, 11) is 5.90. The van der Waals surface area contributed by atoms with Gasteiger partial charge in [-0.2, -0.15) is 0 Å². The van der Waals surface area contributed by atoms with Crippen LogP contribution in [0.3, 0.4) is 0 Å². The SMILES string of the molecule is CC.CC(=O)N(C)CCCN(C)C. The molecular formula is C10H24N2O. The molecule has 1 amide bonds. The molecule has 13 heavy (non-hydrogen) atoms. The topological polar surface area (TPSA) is 23.6 Å². The van der Waals surface area contributed by atoms with E-state index in [4.69, 9.17) is 0 Å². The summed E-state index contributed by atoms with van der Waals surface area (Å²) in [5, 5.41) is 0. The third kappa shape index (κ3) is 11.4. The molecule has 0 rings (SSSR count). The third-order valence-corrected chi connectivity index (χ3v) is 1.64. The van der Waals surface area contributed by atoms with Crippen LogP contribution in [0.4, 0.5) is 0 Å². The van der Waals surface area contributed by atoms with E-state index < -0.39 is 0 Å². The second-order valence-electron chi connectivity index (χ2n) is 3.10. The van der Waals surface area contributed by atoms with E-state index in [1.165, 1.54) is 0 Å². The number of hydrogen-bond donors (Lipinski definition) is 0. The molecule has 0 aromatic carbocycles. The second-order valence-corrected chi connectivity index (χ2v) is 3.10. The number of carbonyl (C=O) groups excluding carboxylic acids is 1. The minimum Gasteiger partial charge on any atom is -0.346 e. The van der Waals surface area contributed by atoms with E-state index in [-0.39, 0.29) is 5.91 Å². The van der Waals surface area contributed by atoms with Gasteiger partial charge in [0.25, 0.3) is 0 Å². The van der Waals surface area contributed by atoms with Crippen molar-refractivity contribution >= 4 is 5.91 Å². The Hall–Kier alpha value is -0.570. The minimum atomic E-state index is 0.142. The van der Waals surface area contributed by atoms with Crippen molar-refractivity contribution in [3.8, 4) is 0 Å². The first-order chi connectivity index (χ1) is 6.04. The molecule has 0 aliphatic heterocycles. The molecule has 0 unspecified atom stereocenters. The van der Waals surface area contributed by atoms with Crippen LogP contribution in [0.1, 0.15) is 27.2 Å². The zero-order valence-electron chi connectivity index (χ0n) is 9.92. The Labute approximate surface area is 82.7 Å². The van der Waals surface area contributed by atoms with E-state index in [0.717, 1.165) is 19.5 Å². The van der Waals surface area contributed by atoms with Gasteiger partial charge in [0.15, 0.2) is 0 Å². The Morgan fingerprint density at radius 1 is 1.08 bits per heavy atom. The van der Waals surface area contributed by atoms with Gasteiger partial charge in [0.1, 0.15) is 0 Å². The van der Waals surface area contributed by atoms with Crippen LogP contribution in [-0.4, -0.2) is 49.9 Å². The summed E-state index contributed by atoms with van der Waals surface area (Å²) < 4.78 is 0. The van der Waals surface area contributed by atoms with Crippen molar-refractivity contribution in [2.45, 2.75) is 27.2 Å². The van der Waals surface area contributed by atoms with Crippen molar-refractivity contribution in [3.05, 3.63) is 0 Å². The lowest BCUT2D eigenvalue weighted by molar-refractivity contribution is -0.127. The standard InChI is InChI=1S/C8H18N2O.C2H6/c1-8(11)10(4)7-5-6-9(2)3;1-2/h5-7H2,1-4H3;1-2H3. The summed E-state index contributed by atoms with van der Waals surface area (Å²) in [6.07, 6.45) is 1.04. The normalized spacial score (nSPS) is 9.15. The number of carbonyl (C=O) groups is 1. The fourth-order valence-electron chi connectivity index (χ4n) is 0.782. The molecule has 3 nitrogen and oxygen atoms in total. The average molecular weight is 188 g/mol. The molecule has 0 aromatic heterocycles. The van der Waals surface area contributed by atoms with Crippen LogP contribution in [0.25, 0.3) is 0 Å². The summed E-state index contributed by atoms with van der Waals surface area (Å²) in [4.78, 5) is 14.6. The average Bonchev–Trinajstić information content (AvgIpc) is 2.07. The lowest BCUT2D eigenvalue weighted by atomic mass is 10.4. The van der Waals surface area contributed by atoms with Crippen LogP contribution < -0.4 is 0 Å². The monoisotopic (exact) mass is 188 g/mol. The van der Waals surface area contributed by atoms with E-state index in [1.807, 2.05) is 35.0 Å². The number of nitrogens with zero attached hydrogens (tertiary/aromatic N) is 2. The van der Waals surface area contributed by atoms with Gasteiger partial charge in [-0.05, 0) is 27.1 Å². The van der Waals surface area contributed by atoms with E-state index >= 15 is 0 Å². The van der Waals surface area contributed by atoms with Crippen molar-refractivity contribution in [2.24, 2.45) is 0 Å². The number of hydrogen-bond acceptors (Lipinski definition) is 2. The van der Waals surface area contributed by atoms with Gasteiger partial charge in [-0.15, -0.1) is 0 Å². The number of amides is 1. The van der Waals surface area contributed by atoms with Crippen LogP contribution in [0, 0.1) is 0 Å². The van der Waals surface area contributed by atoms with Crippen LogP contribution in [0.2, 0.25) is 0 Å². The summed E-state index contributed by atoms with van der Waals surface area (Å²) in [6.45, 7) is 7.49. The molecule has 0 saturated heterocycles. The molecule has 0 bridgehead atoms. The van der Waals surface area contributed by atoms with Crippen molar-refractivity contribution in [1.29, 1.82) is 0 Å². The first-order valence-corrected chi connectivity index (χ1v) is 4.90. The van der Waals surface area contributed by atoms with Crippen LogP contribution in [0.15, 0.2) is 0 Å².